The summed E-state index contributed by atoms with van der Waals surface area (Å²) in [6.07, 6.45) is -0.382. The third kappa shape index (κ3) is 4.43. The van der Waals surface area contributed by atoms with E-state index < -0.39 is 35.5 Å². The Balaban J connectivity index is 1.38. The van der Waals surface area contributed by atoms with E-state index in [-0.39, 0.29) is 19.1 Å². The number of fused-ring (bicyclic) bond motifs is 3. The quantitative estimate of drug-likeness (QED) is 0.512. The van der Waals surface area contributed by atoms with Crippen molar-refractivity contribution in [3.8, 4) is 11.1 Å². The molecule has 2 amide bonds. The zero-order valence-electron chi connectivity index (χ0n) is 18.4. The van der Waals surface area contributed by atoms with Crippen LogP contribution in [0.5, 0.6) is 0 Å². The number of ether oxygens (including phenoxy) is 1. The van der Waals surface area contributed by atoms with Crippen LogP contribution in [0, 0.1) is 5.41 Å². The molecule has 0 saturated heterocycles. The molecule has 1 saturated carbocycles. The van der Waals surface area contributed by atoms with Crippen molar-refractivity contribution in [2.45, 2.75) is 44.2 Å². The van der Waals surface area contributed by atoms with E-state index in [0.29, 0.717) is 12.8 Å². The van der Waals surface area contributed by atoms with Crippen molar-refractivity contribution in [3.05, 3.63) is 59.7 Å². The molecule has 0 heterocycles. The summed E-state index contributed by atoms with van der Waals surface area (Å²) in [6, 6.07) is 15.7. The van der Waals surface area contributed by atoms with Gasteiger partial charge in [-0.1, -0.05) is 55.0 Å². The molecule has 1 fully saturated rings. The fourth-order valence-corrected chi connectivity index (χ4v) is 4.93. The minimum absolute atomic E-state index is 0.0566. The van der Waals surface area contributed by atoms with Crippen LogP contribution >= 0.6 is 0 Å². The predicted octanol–water partition coefficient (Wildman–Crippen LogP) is 2.65. The number of aliphatic carboxylic acids is 1. The number of carboxylic acids is 1. The highest BCUT2D eigenvalue weighted by molar-refractivity contribution is 5.85. The van der Waals surface area contributed by atoms with E-state index >= 15 is 0 Å². The van der Waals surface area contributed by atoms with Gasteiger partial charge < -0.3 is 25.6 Å². The Bertz CT molecular complexity index is 1020. The summed E-state index contributed by atoms with van der Waals surface area (Å²) in [5.74, 6) is -1.86. The van der Waals surface area contributed by atoms with Crippen molar-refractivity contribution in [2.24, 2.45) is 5.41 Å². The third-order valence-electron chi connectivity index (χ3n) is 6.85. The number of nitrogens with one attached hydrogen (secondary N) is 2. The van der Waals surface area contributed by atoms with Gasteiger partial charge in [0.1, 0.15) is 6.61 Å². The van der Waals surface area contributed by atoms with Crippen LogP contribution in [0.2, 0.25) is 0 Å². The molecule has 2 aromatic rings. The van der Waals surface area contributed by atoms with Gasteiger partial charge in [0.15, 0.2) is 6.10 Å². The van der Waals surface area contributed by atoms with Gasteiger partial charge in [-0.3, -0.25) is 4.79 Å². The number of aliphatic hydroxyl groups is 1. The number of hydrogen-bond acceptors (Lipinski definition) is 5. The number of carbonyl (C=O) groups is 3. The number of aliphatic hydroxyl groups excluding tert-OH is 1. The SMILES string of the molecule is CC1(C(=O)NCC(O)C(=O)O)CCCC1NC(=O)OCC1c2ccccc2-c2ccccc21. The molecule has 2 aliphatic carbocycles. The number of hydrogen-bond donors (Lipinski definition) is 4. The van der Waals surface area contributed by atoms with E-state index in [2.05, 4.69) is 22.8 Å². The van der Waals surface area contributed by atoms with Gasteiger partial charge >= 0.3 is 12.1 Å². The summed E-state index contributed by atoms with van der Waals surface area (Å²) in [5, 5.41) is 23.5. The summed E-state index contributed by atoms with van der Waals surface area (Å²) in [4.78, 5) is 36.2. The van der Waals surface area contributed by atoms with Crippen LogP contribution in [0.15, 0.2) is 48.5 Å². The van der Waals surface area contributed by atoms with Gasteiger partial charge in [0.05, 0.1) is 12.0 Å². The van der Waals surface area contributed by atoms with Gasteiger partial charge in [0, 0.05) is 12.0 Å². The molecular formula is C25H28N2O6. The molecule has 33 heavy (non-hydrogen) atoms. The standard InChI is InChI=1S/C25H28N2O6/c1-25(23(31)26-13-20(28)22(29)30)12-6-11-21(25)27-24(32)33-14-19-17-9-4-2-7-15(17)16-8-3-5-10-18(16)19/h2-5,7-10,19-21,28H,6,11-14H2,1H3,(H,26,31)(H,27,32)(H,29,30). The molecule has 2 aliphatic rings. The highest BCUT2D eigenvalue weighted by Gasteiger charge is 2.46. The number of rotatable bonds is 7. The average Bonchev–Trinajstić information content (AvgIpc) is 3.34. The second-order valence-corrected chi connectivity index (χ2v) is 8.90. The molecular weight excluding hydrogens is 424 g/mol. The lowest BCUT2D eigenvalue weighted by molar-refractivity contribution is -0.146. The van der Waals surface area contributed by atoms with Gasteiger partial charge in [0.2, 0.25) is 5.91 Å². The van der Waals surface area contributed by atoms with Crippen molar-refractivity contribution >= 4 is 18.0 Å². The number of amides is 2. The maximum Gasteiger partial charge on any atom is 0.407 e. The minimum atomic E-state index is -1.67. The van der Waals surface area contributed by atoms with Crippen LogP contribution in [0.3, 0.4) is 0 Å². The van der Waals surface area contributed by atoms with E-state index in [1.807, 2.05) is 36.4 Å². The highest BCUT2D eigenvalue weighted by Crippen LogP contribution is 2.44. The first kappa shape index (κ1) is 22.8. The van der Waals surface area contributed by atoms with Crippen LogP contribution in [0.1, 0.15) is 43.2 Å². The minimum Gasteiger partial charge on any atom is -0.479 e. The van der Waals surface area contributed by atoms with E-state index in [9.17, 15) is 19.5 Å². The molecule has 0 bridgehead atoms. The van der Waals surface area contributed by atoms with Crippen LogP contribution in [-0.2, 0) is 14.3 Å². The first-order valence-corrected chi connectivity index (χ1v) is 11.1. The number of carbonyl (C=O) groups excluding carboxylic acids is 2. The lowest BCUT2D eigenvalue weighted by atomic mass is 9.83. The second kappa shape index (κ2) is 9.23. The Labute approximate surface area is 192 Å². The number of benzene rings is 2. The van der Waals surface area contributed by atoms with Crippen molar-refractivity contribution < 1.29 is 29.3 Å². The Morgan fingerprint density at radius 3 is 2.30 bits per heavy atom. The van der Waals surface area contributed by atoms with Crippen molar-refractivity contribution in [3.63, 3.8) is 0 Å². The maximum atomic E-state index is 12.7. The van der Waals surface area contributed by atoms with Crippen LogP contribution in [-0.4, -0.2) is 53.5 Å². The molecule has 0 spiro atoms. The zero-order chi connectivity index (χ0) is 23.6. The lowest BCUT2D eigenvalue weighted by Crippen LogP contribution is -2.52. The third-order valence-corrected chi connectivity index (χ3v) is 6.85. The first-order valence-electron chi connectivity index (χ1n) is 11.1. The monoisotopic (exact) mass is 452 g/mol. The smallest absolute Gasteiger partial charge is 0.407 e. The van der Waals surface area contributed by atoms with Gasteiger partial charge in [-0.25, -0.2) is 9.59 Å². The average molecular weight is 453 g/mol. The largest absolute Gasteiger partial charge is 0.479 e. The van der Waals surface area contributed by atoms with Crippen molar-refractivity contribution in [1.29, 1.82) is 0 Å². The van der Waals surface area contributed by atoms with Gasteiger partial charge in [0.25, 0.3) is 0 Å². The van der Waals surface area contributed by atoms with E-state index in [1.54, 1.807) is 6.92 Å². The summed E-state index contributed by atoms with van der Waals surface area (Å²) in [5.41, 5.74) is 3.61. The summed E-state index contributed by atoms with van der Waals surface area (Å²) >= 11 is 0. The molecule has 4 rings (SSSR count). The topological polar surface area (TPSA) is 125 Å². The van der Waals surface area contributed by atoms with E-state index in [1.165, 1.54) is 0 Å². The Kier molecular flexibility index (Phi) is 6.37. The molecule has 0 aromatic heterocycles. The van der Waals surface area contributed by atoms with Crippen LogP contribution < -0.4 is 10.6 Å². The van der Waals surface area contributed by atoms with Gasteiger partial charge in [-0.15, -0.1) is 0 Å². The molecule has 2 aromatic carbocycles. The Morgan fingerprint density at radius 1 is 1.09 bits per heavy atom. The summed E-state index contributed by atoms with van der Waals surface area (Å²) < 4.78 is 5.60. The molecule has 3 unspecified atom stereocenters. The highest BCUT2D eigenvalue weighted by atomic mass is 16.5. The molecule has 0 aliphatic heterocycles. The number of carboxylic acid groups (broad SMARTS) is 1. The van der Waals surface area contributed by atoms with E-state index in [4.69, 9.17) is 9.84 Å². The zero-order valence-corrected chi connectivity index (χ0v) is 18.4. The Morgan fingerprint density at radius 2 is 1.70 bits per heavy atom. The van der Waals surface area contributed by atoms with E-state index in [0.717, 1.165) is 28.7 Å². The fourth-order valence-electron chi connectivity index (χ4n) is 4.93. The summed E-state index contributed by atoms with van der Waals surface area (Å²) in [6.45, 7) is 1.53. The molecule has 0 radical (unpaired) electrons. The van der Waals surface area contributed by atoms with Gasteiger partial charge in [-0.05, 0) is 42.0 Å². The maximum absolute atomic E-state index is 12.7. The fraction of sp³-hybridized carbons (Fsp3) is 0.400. The molecule has 174 valence electrons. The lowest BCUT2D eigenvalue weighted by Gasteiger charge is -2.31. The summed E-state index contributed by atoms with van der Waals surface area (Å²) in [7, 11) is 0. The second-order valence-electron chi connectivity index (χ2n) is 8.90. The van der Waals surface area contributed by atoms with Crippen molar-refractivity contribution in [2.75, 3.05) is 13.2 Å². The molecule has 3 atom stereocenters. The normalized spacial score (nSPS) is 22.2. The van der Waals surface area contributed by atoms with Crippen LogP contribution in [0.4, 0.5) is 4.79 Å². The molecule has 8 heteroatoms. The Hall–Kier alpha value is -3.39. The van der Waals surface area contributed by atoms with Gasteiger partial charge in [-0.2, -0.15) is 0 Å². The first-order chi connectivity index (χ1) is 15.8. The van der Waals surface area contributed by atoms with Crippen molar-refractivity contribution in [1.82, 2.24) is 10.6 Å². The molecule has 8 nitrogen and oxygen atoms in total. The van der Waals surface area contributed by atoms with Crippen LogP contribution in [0.25, 0.3) is 11.1 Å². The number of alkyl carbamates (subject to hydrolysis) is 1. The predicted molar refractivity (Wildman–Crippen MR) is 121 cm³/mol. The molecule has 4 N–H and O–H groups in total.